The van der Waals surface area contributed by atoms with Crippen molar-refractivity contribution >= 4 is 5.91 Å². The highest BCUT2D eigenvalue weighted by molar-refractivity contribution is 5.81. The van der Waals surface area contributed by atoms with Crippen molar-refractivity contribution in [2.24, 2.45) is 0 Å². The van der Waals surface area contributed by atoms with Gasteiger partial charge in [0, 0.05) is 19.7 Å². The fourth-order valence-electron chi connectivity index (χ4n) is 2.82. The van der Waals surface area contributed by atoms with Crippen LogP contribution in [0.4, 0.5) is 0 Å². The van der Waals surface area contributed by atoms with E-state index < -0.39 is 0 Å². The first-order valence-corrected chi connectivity index (χ1v) is 6.67. The molecule has 0 spiro atoms. The van der Waals surface area contributed by atoms with Crippen molar-refractivity contribution in [3.63, 3.8) is 0 Å². The minimum atomic E-state index is -0.145. The van der Waals surface area contributed by atoms with E-state index in [0.29, 0.717) is 6.04 Å². The fraction of sp³-hybridized carbons (Fsp3) is 0.923. The molecule has 0 unspecified atom stereocenters. The van der Waals surface area contributed by atoms with E-state index in [4.69, 9.17) is 4.74 Å². The molecule has 0 aromatic rings. The predicted octanol–water partition coefficient (Wildman–Crippen LogP) is 2.35. The van der Waals surface area contributed by atoms with Crippen LogP contribution in [-0.2, 0) is 9.53 Å². The summed E-state index contributed by atoms with van der Waals surface area (Å²) < 4.78 is 5.47. The van der Waals surface area contributed by atoms with Gasteiger partial charge in [-0.3, -0.25) is 4.79 Å². The zero-order valence-electron chi connectivity index (χ0n) is 10.3. The Morgan fingerprint density at radius 1 is 1.06 bits per heavy atom. The van der Waals surface area contributed by atoms with Gasteiger partial charge in [0.15, 0.2) is 0 Å². The van der Waals surface area contributed by atoms with E-state index in [0.717, 1.165) is 19.4 Å². The van der Waals surface area contributed by atoms with Gasteiger partial charge < -0.3 is 9.64 Å². The van der Waals surface area contributed by atoms with Crippen LogP contribution in [0.25, 0.3) is 0 Å². The van der Waals surface area contributed by atoms with Crippen LogP contribution in [0.2, 0.25) is 0 Å². The lowest BCUT2D eigenvalue weighted by molar-refractivity contribution is -0.142. The van der Waals surface area contributed by atoms with Crippen LogP contribution in [0.5, 0.6) is 0 Å². The third kappa shape index (κ3) is 2.76. The van der Waals surface area contributed by atoms with Gasteiger partial charge in [0.05, 0.1) is 0 Å². The van der Waals surface area contributed by atoms with Crippen LogP contribution in [-0.4, -0.2) is 36.6 Å². The van der Waals surface area contributed by atoms with Crippen molar-refractivity contribution in [3.05, 3.63) is 0 Å². The minimum Gasteiger partial charge on any atom is -0.368 e. The molecular weight excluding hydrogens is 202 g/mol. The van der Waals surface area contributed by atoms with Crippen LogP contribution in [0.15, 0.2) is 0 Å². The first-order valence-electron chi connectivity index (χ1n) is 6.67. The molecule has 92 valence electrons. The summed E-state index contributed by atoms with van der Waals surface area (Å²) in [5.74, 6) is 0.212. The number of nitrogens with zero attached hydrogens (tertiary/aromatic N) is 1. The summed E-state index contributed by atoms with van der Waals surface area (Å²) in [6.45, 7) is 0.759. The van der Waals surface area contributed by atoms with E-state index in [1.807, 2.05) is 11.9 Å². The van der Waals surface area contributed by atoms with Crippen molar-refractivity contribution in [2.45, 2.75) is 63.5 Å². The molecule has 0 aromatic heterocycles. The number of hydrogen-bond donors (Lipinski definition) is 0. The Morgan fingerprint density at radius 3 is 2.31 bits per heavy atom. The number of ether oxygens (including phenoxy) is 1. The standard InChI is InChI=1S/C13H23NO2/c1-14(11-7-4-2-3-5-8-11)13(15)12-9-6-10-16-12/h11-12H,2-10H2,1H3/t12-/m0/s1. The topological polar surface area (TPSA) is 29.5 Å². The molecule has 1 saturated carbocycles. The second-order valence-corrected chi connectivity index (χ2v) is 5.10. The van der Waals surface area contributed by atoms with Crippen LogP contribution >= 0.6 is 0 Å². The Bertz CT molecular complexity index is 228. The van der Waals surface area contributed by atoms with E-state index in [-0.39, 0.29) is 12.0 Å². The maximum absolute atomic E-state index is 12.2. The molecule has 0 N–H and O–H groups in total. The summed E-state index contributed by atoms with van der Waals surface area (Å²) in [4.78, 5) is 14.1. The Balaban J connectivity index is 1.88. The molecule has 1 aliphatic heterocycles. The number of rotatable bonds is 2. The minimum absolute atomic E-state index is 0.145. The SMILES string of the molecule is CN(C(=O)[C@@H]1CCCO1)C1CCCCCC1. The van der Waals surface area contributed by atoms with Gasteiger partial charge in [0.2, 0.25) is 0 Å². The summed E-state index contributed by atoms with van der Waals surface area (Å²) in [5.41, 5.74) is 0. The molecule has 2 aliphatic rings. The van der Waals surface area contributed by atoms with Crippen LogP contribution in [0.3, 0.4) is 0 Å². The highest BCUT2D eigenvalue weighted by Crippen LogP contribution is 2.23. The molecule has 0 aromatic carbocycles. The van der Waals surface area contributed by atoms with E-state index in [1.54, 1.807) is 0 Å². The second kappa shape index (κ2) is 5.67. The number of hydrogen-bond acceptors (Lipinski definition) is 2. The Morgan fingerprint density at radius 2 is 1.75 bits per heavy atom. The molecular formula is C13H23NO2. The third-order valence-electron chi connectivity index (χ3n) is 3.93. The lowest BCUT2D eigenvalue weighted by Gasteiger charge is -2.29. The summed E-state index contributed by atoms with van der Waals surface area (Å²) in [7, 11) is 1.96. The van der Waals surface area contributed by atoms with Gasteiger partial charge in [-0.05, 0) is 25.7 Å². The molecule has 3 heteroatoms. The highest BCUT2D eigenvalue weighted by Gasteiger charge is 2.30. The maximum atomic E-state index is 12.2. The molecule has 1 aliphatic carbocycles. The number of carbonyl (C=O) groups is 1. The van der Waals surface area contributed by atoms with Gasteiger partial charge in [0.25, 0.3) is 5.91 Å². The predicted molar refractivity (Wildman–Crippen MR) is 63.2 cm³/mol. The molecule has 0 bridgehead atoms. The summed E-state index contributed by atoms with van der Waals surface area (Å²) >= 11 is 0. The van der Waals surface area contributed by atoms with E-state index >= 15 is 0 Å². The zero-order chi connectivity index (χ0) is 11.4. The summed E-state index contributed by atoms with van der Waals surface area (Å²) in [5, 5.41) is 0. The molecule has 3 nitrogen and oxygen atoms in total. The molecule has 2 fully saturated rings. The van der Waals surface area contributed by atoms with Crippen LogP contribution in [0, 0.1) is 0 Å². The average Bonchev–Trinajstić information content (AvgIpc) is 2.70. The van der Waals surface area contributed by atoms with Gasteiger partial charge in [-0.15, -0.1) is 0 Å². The third-order valence-corrected chi connectivity index (χ3v) is 3.93. The molecule has 1 heterocycles. The lowest BCUT2D eigenvalue weighted by atomic mass is 10.1. The number of amides is 1. The molecule has 1 saturated heterocycles. The van der Waals surface area contributed by atoms with Crippen molar-refractivity contribution in [2.75, 3.05) is 13.7 Å². The first kappa shape index (κ1) is 11.9. The highest BCUT2D eigenvalue weighted by atomic mass is 16.5. The molecule has 16 heavy (non-hydrogen) atoms. The quantitative estimate of drug-likeness (QED) is 0.675. The monoisotopic (exact) mass is 225 g/mol. The Labute approximate surface area is 98.1 Å². The van der Waals surface area contributed by atoms with Gasteiger partial charge in [-0.1, -0.05) is 25.7 Å². The second-order valence-electron chi connectivity index (χ2n) is 5.10. The largest absolute Gasteiger partial charge is 0.368 e. The molecule has 1 atom stereocenters. The van der Waals surface area contributed by atoms with E-state index in [1.165, 1.54) is 38.5 Å². The lowest BCUT2D eigenvalue weighted by Crippen LogP contribution is -2.42. The zero-order valence-corrected chi connectivity index (χ0v) is 10.3. The van der Waals surface area contributed by atoms with E-state index in [9.17, 15) is 4.79 Å². The van der Waals surface area contributed by atoms with Crippen molar-refractivity contribution in [1.82, 2.24) is 4.90 Å². The first-order chi connectivity index (χ1) is 7.79. The van der Waals surface area contributed by atoms with Gasteiger partial charge in [-0.25, -0.2) is 0 Å². The van der Waals surface area contributed by atoms with Crippen molar-refractivity contribution in [3.8, 4) is 0 Å². The Kier molecular flexibility index (Phi) is 4.22. The normalized spacial score (nSPS) is 27.7. The summed E-state index contributed by atoms with van der Waals surface area (Å²) in [6, 6.07) is 0.458. The fourth-order valence-corrected chi connectivity index (χ4v) is 2.82. The molecule has 1 amide bonds. The maximum Gasteiger partial charge on any atom is 0.251 e. The van der Waals surface area contributed by atoms with Crippen molar-refractivity contribution < 1.29 is 9.53 Å². The molecule has 0 radical (unpaired) electrons. The van der Waals surface area contributed by atoms with Crippen LogP contribution in [0.1, 0.15) is 51.4 Å². The number of carbonyl (C=O) groups excluding carboxylic acids is 1. The average molecular weight is 225 g/mol. The number of likely N-dealkylation sites (N-methyl/N-ethyl adjacent to an activating group) is 1. The summed E-state index contributed by atoms with van der Waals surface area (Å²) in [6.07, 6.45) is 9.36. The van der Waals surface area contributed by atoms with Gasteiger partial charge >= 0.3 is 0 Å². The smallest absolute Gasteiger partial charge is 0.251 e. The van der Waals surface area contributed by atoms with Crippen molar-refractivity contribution in [1.29, 1.82) is 0 Å². The van der Waals surface area contributed by atoms with Gasteiger partial charge in [0.1, 0.15) is 6.10 Å². The van der Waals surface area contributed by atoms with Crippen LogP contribution < -0.4 is 0 Å². The van der Waals surface area contributed by atoms with Gasteiger partial charge in [-0.2, -0.15) is 0 Å². The van der Waals surface area contributed by atoms with E-state index in [2.05, 4.69) is 0 Å². The molecule has 2 rings (SSSR count). The Hall–Kier alpha value is -0.570.